The van der Waals surface area contributed by atoms with Crippen molar-refractivity contribution in [1.29, 1.82) is 0 Å². The lowest BCUT2D eigenvalue weighted by atomic mass is 9.83. The molecule has 0 aromatic carbocycles. The zero-order valence-electron chi connectivity index (χ0n) is 24.8. The van der Waals surface area contributed by atoms with E-state index in [1.807, 2.05) is 13.8 Å². The van der Waals surface area contributed by atoms with Crippen LogP contribution in [0.4, 0.5) is 0 Å². The van der Waals surface area contributed by atoms with Gasteiger partial charge in [0.2, 0.25) is 0 Å². The van der Waals surface area contributed by atoms with Crippen molar-refractivity contribution in [3.05, 3.63) is 23.8 Å². The van der Waals surface area contributed by atoms with E-state index in [1.54, 1.807) is 6.08 Å². The molecule has 0 bridgehead atoms. The van der Waals surface area contributed by atoms with Crippen molar-refractivity contribution in [1.82, 2.24) is 0 Å². The summed E-state index contributed by atoms with van der Waals surface area (Å²) >= 11 is 0. The number of carbonyl (C=O) groups excluding carboxylic acids is 4. The van der Waals surface area contributed by atoms with Crippen LogP contribution in [0.2, 0.25) is 18.1 Å². The lowest BCUT2D eigenvalue weighted by Crippen LogP contribution is -2.47. The second-order valence-electron chi connectivity index (χ2n) is 11.6. The van der Waals surface area contributed by atoms with E-state index in [0.29, 0.717) is 24.8 Å². The lowest BCUT2D eigenvalue weighted by molar-refractivity contribution is -0.178. The number of cyclic esters (lactones) is 2. The van der Waals surface area contributed by atoms with Crippen LogP contribution in [-0.2, 0) is 42.6 Å². The number of hydrogen-bond acceptors (Lipinski definition) is 9. The molecule has 0 saturated carbocycles. The summed E-state index contributed by atoms with van der Waals surface area (Å²) in [6.07, 6.45) is 3.63. The number of allylic oxidation sites excluding steroid dienone is 1. The molecular weight excluding hydrogens is 520 g/mol. The molecular formula is C29H44O9Si. The smallest absolute Gasteiger partial charge is 0.331 e. The number of methoxy groups -OCH3 is 1. The predicted octanol–water partition coefficient (Wildman–Crippen LogP) is 5.00. The van der Waals surface area contributed by atoms with E-state index in [4.69, 9.17) is 23.4 Å². The highest BCUT2D eigenvalue weighted by Gasteiger charge is 2.42. The van der Waals surface area contributed by atoms with E-state index in [-0.39, 0.29) is 24.5 Å². The summed E-state index contributed by atoms with van der Waals surface area (Å²) in [6.45, 7) is 16.0. The molecule has 1 heterocycles. The van der Waals surface area contributed by atoms with Gasteiger partial charge in [-0.25, -0.2) is 4.79 Å². The zero-order chi connectivity index (χ0) is 29.9. The maximum Gasteiger partial charge on any atom is 0.331 e. The van der Waals surface area contributed by atoms with Crippen molar-refractivity contribution >= 4 is 32.2 Å². The highest BCUT2D eigenvalue weighted by molar-refractivity contribution is 6.74. The Labute approximate surface area is 233 Å². The molecule has 0 aliphatic carbocycles. The van der Waals surface area contributed by atoms with Gasteiger partial charge in [0.05, 0.1) is 32.7 Å². The van der Waals surface area contributed by atoms with Crippen molar-refractivity contribution in [3.63, 3.8) is 0 Å². The normalized spacial score (nSPS) is 23.7. The van der Waals surface area contributed by atoms with E-state index >= 15 is 0 Å². The van der Waals surface area contributed by atoms with Crippen molar-refractivity contribution in [2.45, 2.75) is 104 Å². The average Bonchev–Trinajstić information content (AvgIpc) is 2.80. The summed E-state index contributed by atoms with van der Waals surface area (Å²) in [5.41, 5.74) is 0.0481. The van der Waals surface area contributed by atoms with Crippen LogP contribution in [0.1, 0.15) is 73.6 Å². The second-order valence-corrected chi connectivity index (χ2v) is 16.4. The lowest BCUT2D eigenvalue weighted by Gasteiger charge is -2.43. The topological polar surface area (TPSA) is 114 Å². The van der Waals surface area contributed by atoms with E-state index in [0.717, 1.165) is 0 Å². The quantitative estimate of drug-likeness (QED) is 0.116. The molecule has 0 radical (unpaired) electrons. The minimum Gasteiger partial charge on any atom is -0.466 e. The van der Waals surface area contributed by atoms with Gasteiger partial charge in [-0.05, 0) is 37.0 Å². The van der Waals surface area contributed by atoms with Gasteiger partial charge >= 0.3 is 23.9 Å². The Morgan fingerprint density at radius 1 is 1.10 bits per heavy atom. The third kappa shape index (κ3) is 12.7. The molecule has 0 N–H and O–H groups in total. The van der Waals surface area contributed by atoms with Gasteiger partial charge in [-0.3, -0.25) is 14.4 Å². The summed E-state index contributed by atoms with van der Waals surface area (Å²) in [6, 6.07) is 0. The van der Waals surface area contributed by atoms with Gasteiger partial charge in [0.15, 0.2) is 8.32 Å². The highest BCUT2D eigenvalue weighted by Crippen LogP contribution is 2.41. The first-order valence-electron chi connectivity index (χ1n) is 13.1. The molecule has 0 saturated heterocycles. The largest absolute Gasteiger partial charge is 0.466 e. The minimum atomic E-state index is -2.27. The Morgan fingerprint density at radius 3 is 2.33 bits per heavy atom. The first-order chi connectivity index (χ1) is 18.0. The minimum absolute atomic E-state index is 0.0820. The van der Waals surface area contributed by atoms with Crippen molar-refractivity contribution in [2.75, 3.05) is 13.7 Å². The Bertz CT molecular complexity index is 1010. The Kier molecular flexibility index (Phi) is 13.2. The highest BCUT2D eigenvalue weighted by atomic mass is 28.4. The first kappa shape index (κ1) is 34.1. The summed E-state index contributed by atoms with van der Waals surface area (Å²) in [7, 11) is -0.977. The van der Waals surface area contributed by atoms with Crippen molar-refractivity contribution in [2.24, 2.45) is 5.41 Å². The molecule has 0 aromatic heterocycles. The SMILES string of the molecule is COC(=O)/C=C1/C#CCC(C)(C)C(O[Si](C)(C)C(C)(C)C)/C=C/C(OC(C)=O)OC(=O)CCC(=O)OCCC1. The number of esters is 4. The second kappa shape index (κ2) is 15.0. The van der Waals surface area contributed by atoms with Crippen LogP contribution in [0.15, 0.2) is 23.8 Å². The summed E-state index contributed by atoms with van der Waals surface area (Å²) in [5, 5.41) is -0.0820. The molecule has 2 unspecified atom stereocenters. The van der Waals surface area contributed by atoms with Crippen LogP contribution in [0, 0.1) is 17.3 Å². The standard InChI is InChI=1S/C29H44O9Si/c1-21(30)36-27-17-14-23(38-39(8,9)28(2,3)4)29(5,6)18-10-12-22(20-26(33)34-7)13-11-19-35-24(31)15-16-25(32)37-27/h14,17,20,23,27H,11,13,15-16,18-19H2,1-9H3/b17-14+,22-20-. The van der Waals surface area contributed by atoms with E-state index in [2.05, 4.69) is 45.7 Å². The average molecular weight is 565 g/mol. The van der Waals surface area contributed by atoms with E-state index < -0.39 is 50.0 Å². The number of hydrogen-bond donors (Lipinski definition) is 0. The fourth-order valence-electron chi connectivity index (χ4n) is 3.18. The van der Waals surface area contributed by atoms with Crippen LogP contribution in [0.3, 0.4) is 0 Å². The summed E-state index contributed by atoms with van der Waals surface area (Å²) < 4.78 is 27.2. The molecule has 2 atom stereocenters. The van der Waals surface area contributed by atoms with Crippen molar-refractivity contribution in [3.8, 4) is 11.8 Å². The van der Waals surface area contributed by atoms with Crippen LogP contribution < -0.4 is 0 Å². The van der Waals surface area contributed by atoms with Gasteiger partial charge in [-0.1, -0.05) is 52.5 Å². The molecule has 9 nitrogen and oxygen atoms in total. The summed E-state index contributed by atoms with van der Waals surface area (Å²) in [5.74, 6) is 3.82. The molecule has 39 heavy (non-hydrogen) atoms. The zero-order valence-corrected chi connectivity index (χ0v) is 25.8. The van der Waals surface area contributed by atoms with Crippen LogP contribution >= 0.6 is 0 Å². The van der Waals surface area contributed by atoms with Crippen LogP contribution in [0.5, 0.6) is 0 Å². The van der Waals surface area contributed by atoms with Gasteiger partial charge in [-0.15, -0.1) is 0 Å². The molecule has 1 rings (SSSR count). The van der Waals surface area contributed by atoms with Crippen molar-refractivity contribution < 1.29 is 42.6 Å². The summed E-state index contributed by atoms with van der Waals surface area (Å²) in [4.78, 5) is 48.0. The molecule has 1 aliphatic heterocycles. The van der Waals surface area contributed by atoms with Gasteiger partial charge in [-0.2, -0.15) is 0 Å². The number of rotatable bonds is 4. The third-order valence-corrected chi connectivity index (χ3v) is 11.1. The fourth-order valence-corrected chi connectivity index (χ4v) is 4.57. The Balaban J connectivity index is 3.49. The molecule has 0 amide bonds. The van der Waals surface area contributed by atoms with Crippen LogP contribution in [0.25, 0.3) is 0 Å². The van der Waals surface area contributed by atoms with Gasteiger partial charge in [0.25, 0.3) is 6.29 Å². The van der Waals surface area contributed by atoms with Crippen LogP contribution in [-0.4, -0.2) is 58.3 Å². The monoisotopic (exact) mass is 564 g/mol. The predicted molar refractivity (Wildman–Crippen MR) is 149 cm³/mol. The molecule has 1 aliphatic rings. The molecule has 0 fully saturated rings. The van der Waals surface area contributed by atoms with Gasteiger partial charge < -0.3 is 23.4 Å². The van der Waals surface area contributed by atoms with E-state index in [9.17, 15) is 19.2 Å². The third-order valence-electron chi connectivity index (χ3n) is 6.64. The molecule has 0 spiro atoms. The molecule has 10 heteroatoms. The van der Waals surface area contributed by atoms with Gasteiger partial charge in [0, 0.05) is 30.4 Å². The first-order valence-corrected chi connectivity index (χ1v) is 16.0. The van der Waals surface area contributed by atoms with E-state index in [1.165, 1.54) is 26.2 Å². The molecule has 218 valence electrons. The number of ether oxygens (including phenoxy) is 4. The fraction of sp³-hybridized carbons (Fsp3) is 0.655. The number of carbonyl (C=O) groups is 4. The Hall–Kier alpha value is -2.90. The van der Waals surface area contributed by atoms with Gasteiger partial charge in [0.1, 0.15) is 0 Å². The maximum atomic E-state index is 12.4. The molecule has 0 aromatic rings. The maximum absolute atomic E-state index is 12.4. The Morgan fingerprint density at radius 2 is 1.74 bits per heavy atom.